The molecular formula is C27H28N2O4. The number of aromatic nitrogens is 1. The average Bonchev–Trinajstić information content (AvgIpc) is 3.20. The van der Waals surface area contributed by atoms with Gasteiger partial charge in [-0.1, -0.05) is 18.2 Å². The molecule has 6 heteroatoms. The van der Waals surface area contributed by atoms with E-state index in [1.807, 2.05) is 69.3 Å². The topological polar surface area (TPSA) is 77.5 Å². The van der Waals surface area contributed by atoms with Crippen molar-refractivity contribution in [3.8, 4) is 16.9 Å². The van der Waals surface area contributed by atoms with Gasteiger partial charge in [0.05, 0.1) is 5.69 Å². The van der Waals surface area contributed by atoms with Crippen LogP contribution in [0.25, 0.3) is 11.1 Å². The lowest BCUT2D eigenvalue weighted by molar-refractivity contribution is -0.157. The van der Waals surface area contributed by atoms with Gasteiger partial charge in [0, 0.05) is 23.9 Å². The number of pyridine rings is 1. The second-order valence-corrected chi connectivity index (χ2v) is 9.14. The van der Waals surface area contributed by atoms with Crippen LogP contribution >= 0.6 is 0 Å². The van der Waals surface area contributed by atoms with Gasteiger partial charge in [-0.05, 0) is 80.8 Å². The van der Waals surface area contributed by atoms with Gasteiger partial charge in [-0.15, -0.1) is 0 Å². The molecule has 170 valence electrons. The molecule has 1 aliphatic heterocycles. The molecule has 0 bridgehead atoms. The molecule has 1 aromatic heterocycles. The number of nitrogens with zero attached hydrogens (tertiary/aromatic N) is 1. The fraction of sp³-hybridized carbons (Fsp3) is 0.296. The van der Waals surface area contributed by atoms with Gasteiger partial charge in [0.25, 0.3) is 0 Å². The summed E-state index contributed by atoms with van der Waals surface area (Å²) in [5.41, 5.74) is 4.55. The molecule has 33 heavy (non-hydrogen) atoms. The molecule has 0 saturated heterocycles. The van der Waals surface area contributed by atoms with Crippen molar-refractivity contribution in [1.82, 2.24) is 10.3 Å². The highest BCUT2D eigenvalue weighted by Crippen LogP contribution is 2.36. The largest absolute Gasteiger partial charge is 0.487 e. The lowest BCUT2D eigenvalue weighted by Crippen LogP contribution is -2.31. The molecule has 0 radical (unpaired) electrons. The number of Topliss-reactive ketones (excluding diaryl/α,β-unsaturated/α-hetero) is 1. The van der Waals surface area contributed by atoms with Crippen molar-refractivity contribution < 1.29 is 19.1 Å². The molecule has 0 fully saturated rings. The van der Waals surface area contributed by atoms with Crippen LogP contribution in [0.1, 0.15) is 60.9 Å². The zero-order valence-corrected chi connectivity index (χ0v) is 19.3. The van der Waals surface area contributed by atoms with E-state index in [-0.39, 0.29) is 11.8 Å². The third-order valence-electron chi connectivity index (χ3n) is 5.39. The van der Waals surface area contributed by atoms with Crippen LogP contribution in [0.5, 0.6) is 5.75 Å². The van der Waals surface area contributed by atoms with Crippen LogP contribution in [0.15, 0.2) is 60.8 Å². The van der Waals surface area contributed by atoms with Crippen LogP contribution in [0.4, 0.5) is 0 Å². The minimum atomic E-state index is -0.547. The van der Waals surface area contributed by atoms with Crippen LogP contribution in [-0.2, 0) is 22.7 Å². The van der Waals surface area contributed by atoms with Crippen LogP contribution < -0.4 is 10.1 Å². The van der Waals surface area contributed by atoms with Crippen LogP contribution in [0, 0.1) is 0 Å². The predicted octanol–water partition coefficient (Wildman–Crippen LogP) is 5.02. The fourth-order valence-corrected chi connectivity index (χ4v) is 3.84. The Balaban J connectivity index is 1.65. The maximum absolute atomic E-state index is 12.6. The second-order valence-electron chi connectivity index (χ2n) is 9.14. The molecule has 6 nitrogen and oxygen atoms in total. The molecule has 1 aliphatic rings. The number of carbonyl (C=O) groups excluding carboxylic acids is 2. The van der Waals surface area contributed by atoms with Crippen molar-refractivity contribution in [3.05, 3.63) is 83.2 Å². The summed E-state index contributed by atoms with van der Waals surface area (Å²) in [4.78, 5) is 29.0. The molecule has 4 rings (SSSR count). The zero-order valence-electron chi connectivity index (χ0n) is 19.3. The standard InChI is InChI=1S/C27H28N2O4/c1-17(30)18-9-11-24(32-16-21-7-5-6-12-28-21)23(14-18)19-8-10-22-20(13-19)15-29-25(22)26(31)33-27(2,3)4/h5-14,25,29H,15-16H2,1-4H3. The summed E-state index contributed by atoms with van der Waals surface area (Å²) in [6.07, 6.45) is 1.73. The molecule has 0 aliphatic carbocycles. The maximum Gasteiger partial charge on any atom is 0.328 e. The van der Waals surface area contributed by atoms with Gasteiger partial charge >= 0.3 is 5.97 Å². The van der Waals surface area contributed by atoms with Gasteiger partial charge in [-0.2, -0.15) is 0 Å². The summed E-state index contributed by atoms with van der Waals surface area (Å²) in [7, 11) is 0. The molecule has 3 aromatic rings. The lowest BCUT2D eigenvalue weighted by Gasteiger charge is -2.22. The summed E-state index contributed by atoms with van der Waals surface area (Å²) in [5.74, 6) is 0.368. The smallest absolute Gasteiger partial charge is 0.328 e. The number of ether oxygens (including phenoxy) is 2. The van der Waals surface area contributed by atoms with E-state index in [1.165, 1.54) is 0 Å². The van der Waals surface area contributed by atoms with Gasteiger partial charge in [0.1, 0.15) is 24.0 Å². The minimum absolute atomic E-state index is 0.0136. The first kappa shape index (κ1) is 22.7. The van der Waals surface area contributed by atoms with Crippen molar-refractivity contribution >= 4 is 11.8 Å². The average molecular weight is 445 g/mol. The third-order valence-corrected chi connectivity index (χ3v) is 5.39. The Hall–Kier alpha value is -3.51. The summed E-state index contributed by atoms with van der Waals surface area (Å²) < 4.78 is 11.6. The lowest BCUT2D eigenvalue weighted by atomic mass is 9.96. The quantitative estimate of drug-likeness (QED) is 0.425. The highest BCUT2D eigenvalue weighted by Gasteiger charge is 2.32. The Labute approximate surface area is 194 Å². The normalized spacial score (nSPS) is 15.1. The van der Waals surface area contributed by atoms with Crippen molar-refractivity contribution in [2.24, 2.45) is 0 Å². The Kier molecular flexibility index (Phi) is 6.29. The molecule has 1 N–H and O–H groups in total. The summed E-state index contributed by atoms with van der Waals surface area (Å²) in [6, 6.07) is 16.6. The van der Waals surface area contributed by atoms with E-state index in [0.717, 1.165) is 27.9 Å². The Morgan fingerprint density at radius 2 is 1.91 bits per heavy atom. The molecule has 0 amide bonds. The van der Waals surface area contributed by atoms with E-state index < -0.39 is 11.6 Å². The predicted molar refractivity (Wildman–Crippen MR) is 126 cm³/mol. The van der Waals surface area contributed by atoms with E-state index in [0.29, 0.717) is 24.5 Å². The molecular weight excluding hydrogens is 416 g/mol. The van der Waals surface area contributed by atoms with Gasteiger partial charge in [0.2, 0.25) is 0 Å². The monoisotopic (exact) mass is 444 g/mol. The van der Waals surface area contributed by atoms with Crippen LogP contribution in [0.3, 0.4) is 0 Å². The molecule has 0 spiro atoms. The first-order chi connectivity index (χ1) is 15.7. The van der Waals surface area contributed by atoms with Gasteiger partial charge in [0.15, 0.2) is 5.78 Å². The van der Waals surface area contributed by atoms with Crippen molar-refractivity contribution in [2.75, 3.05) is 0 Å². The number of carbonyl (C=O) groups is 2. The molecule has 1 unspecified atom stereocenters. The molecule has 2 aromatic carbocycles. The number of esters is 1. The SMILES string of the molecule is CC(=O)c1ccc(OCc2ccccn2)c(-c2ccc3c(c2)CNC3C(=O)OC(C)(C)C)c1. The van der Waals surface area contributed by atoms with E-state index in [2.05, 4.69) is 10.3 Å². The van der Waals surface area contributed by atoms with E-state index in [9.17, 15) is 9.59 Å². The number of rotatable bonds is 6. The molecule has 1 atom stereocenters. The number of fused-ring (bicyclic) bond motifs is 1. The summed E-state index contributed by atoms with van der Waals surface area (Å²) in [6.45, 7) is 8.00. The number of nitrogens with one attached hydrogen (secondary N) is 1. The Morgan fingerprint density at radius 3 is 2.61 bits per heavy atom. The number of benzene rings is 2. The Bertz CT molecular complexity index is 1180. The first-order valence-electron chi connectivity index (χ1n) is 11.0. The van der Waals surface area contributed by atoms with Crippen LogP contribution in [-0.4, -0.2) is 22.3 Å². The number of hydrogen-bond acceptors (Lipinski definition) is 6. The van der Waals surface area contributed by atoms with Gasteiger partial charge in [-0.25, -0.2) is 4.79 Å². The number of ketones is 1. The van der Waals surface area contributed by atoms with Gasteiger partial charge in [-0.3, -0.25) is 15.1 Å². The maximum atomic E-state index is 12.6. The second kappa shape index (κ2) is 9.16. The van der Waals surface area contributed by atoms with Crippen molar-refractivity contribution in [3.63, 3.8) is 0 Å². The third kappa shape index (κ3) is 5.29. The molecule has 0 saturated carbocycles. The first-order valence-corrected chi connectivity index (χ1v) is 11.0. The highest BCUT2D eigenvalue weighted by molar-refractivity contribution is 5.96. The fourth-order valence-electron chi connectivity index (χ4n) is 3.84. The molecule has 2 heterocycles. The van der Waals surface area contributed by atoms with Crippen molar-refractivity contribution in [1.29, 1.82) is 0 Å². The zero-order chi connectivity index (χ0) is 23.6. The summed E-state index contributed by atoms with van der Waals surface area (Å²) >= 11 is 0. The number of hydrogen-bond donors (Lipinski definition) is 1. The highest BCUT2D eigenvalue weighted by atomic mass is 16.6. The minimum Gasteiger partial charge on any atom is -0.487 e. The van der Waals surface area contributed by atoms with Gasteiger partial charge < -0.3 is 9.47 Å². The van der Waals surface area contributed by atoms with Crippen LogP contribution in [0.2, 0.25) is 0 Å². The van der Waals surface area contributed by atoms with E-state index in [4.69, 9.17) is 9.47 Å². The van der Waals surface area contributed by atoms with E-state index in [1.54, 1.807) is 19.2 Å². The summed E-state index contributed by atoms with van der Waals surface area (Å²) in [5, 5.41) is 3.25. The van der Waals surface area contributed by atoms with Crippen molar-refractivity contribution in [2.45, 2.75) is 52.5 Å². The Morgan fingerprint density at radius 1 is 1.09 bits per heavy atom. The van der Waals surface area contributed by atoms with E-state index >= 15 is 0 Å².